The molecule has 1 saturated heterocycles. The Kier molecular flexibility index (Phi) is 3.46. The molecule has 5 nitrogen and oxygen atoms in total. The summed E-state index contributed by atoms with van der Waals surface area (Å²) in [5.41, 5.74) is 0.907. The minimum absolute atomic E-state index is 0.277. The molecule has 106 valence electrons. The number of nitrogens with one attached hydrogen (secondary N) is 1. The highest BCUT2D eigenvalue weighted by molar-refractivity contribution is 6.03. The van der Waals surface area contributed by atoms with Gasteiger partial charge in [-0.05, 0) is 26.1 Å². The summed E-state index contributed by atoms with van der Waals surface area (Å²) in [5.74, 6) is -0.427. The van der Waals surface area contributed by atoms with Gasteiger partial charge in [-0.3, -0.25) is 0 Å². The zero-order chi connectivity index (χ0) is 14.1. The van der Waals surface area contributed by atoms with E-state index in [1.165, 1.54) is 0 Å². The van der Waals surface area contributed by atoms with Crippen LogP contribution in [0.4, 0.5) is 0 Å². The number of carboxylic acids is 1. The van der Waals surface area contributed by atoms with Crippen molar-refractivity contribution in [3.05, 3.63) is 35.6 Å². The van der Waals surface area contributed by atoms with Crippen LogP contribution in [-0.4, -0.2) is 42.2 Å². The van der Waals surface area contributed by atoms with Gasteiger partial charge < -0.3 is 19.7 Å². The molecule has 2 N–H and O–H groups in total. The zero-order valence-corrected chi connectivity index (χ0v) is 11.4. The van der Waals surface area contributed by atoms with E-state index in [2.05, 4.69) is 17.3 Å². The summed E-state index contributed by atoms with van der Waals surface area (Å²) in [6.45, 7) is 2.51. The van der Waals surface area contributed by atoms with Gasteiger partial charge in [-0.15, -0.1) is 0 Å². The van der Waals surface area contributed by atoms with Crippen molar-refractivity contribution in [2.75, 3.05) is 20.1 Å². The minimum atomic E-state index is -0.935. The van der Waals surface area contributed by atoms with E-state index in [9.17, 15) is 9.90 Å². The van der Waals surface area contributed by atoms with Crippen LogP contribution < -0.4 is 5.32 Å². The minimum Gasteiger partial charge on any atom is -0.478 e. The van der Waals surface area contributed by atoms with E-state index in [1.54, 1.807) is 12.1 Å². The zero-order valence-electron chi connectivity index (χ0n) is 11.4. The van der Waals surface area contributed by atoms with E-state index in [-0.39, 0.29) is 5.56 Å². The second-order valence-corrected chi connectivity index (χ2v) is 5.33. The molecular weight excluding hydrogens is 256 g/mol. The van der Waals surface area contributed by atoms with Crippen molar-refractivity contribution in [1.29, 1.82) is 0 Å². The molecule has 3 rings (SSSR count). The first-order valence-electron chi connectivity index (χ1n) is 6.81. The Labute approximate surface area is 117 Å². The van der Waals surface area contributed by atoms with Crippen molar-refractivity contribution in [2.45, 2.75) is 19.0 Å². The normalized spacial score (nSPS) is 19.8. The molecule has 2 heterocycles. The lowest BCUT2D eigenvalue weighted by atomic mass is 10.1. The van der Waals surface area contributed by atoms with E-state index in [1.807, 2.05) is 12.1 Å². The molecule has 1 atom stereocenters. The van der Waals surface area contributed by atoms with Crippen LogP contribution in [0.5, 0.6) is 0 Å². The molecule has 1 fully saturated rings. The summed E-state index contributed by atoms with van der Waals surface area (Å²) in [6.07, 6.45) is 1.08. The molecule has 1 aliphatic rings. The number of rotatable bonds is 4. The Hall–Kier alpha value is -1.85. The van der Waals surface area contributed by atoms with Gasteiger partial charge in [-0.2, -0.15) is 0 Å². The predicted octanol–water partition coefficient (Wildman–Crippen LogP) is 1.92. The standard InChI is InChI=1S/C15H18N2O3/c1-17-7-6-10(9-17)16-8-13-14(15(18)19)11-4-2-3-5-12(11)20-13/h2-5,10,16H,6-9H2,1H3,(H,18,19). The van der Waals surface area contributed by atoms with Gasteiger partial charge in [0.05, 0.1) is 6.54 Å². The average molecular weight is 274 g/mol. The molecule has 1 unspecified atom stereocenters. The van der Waals surface area contributed by atoms with Gasteiger partial charge in [0.15, 0.2) is 0 Å². The average Bonchev–Trinajstić information content (AvgIpc) is 2.99. The maximum Gasteiger partial charge on any atom is 0.339 e. The quantitative estimate of drug-likeness (QED) is 0.891. The molecule has 1 aliphatic heterocycles. The lowest BCUT2D eigenvalue weighted by molar-refractivity contribution is 0.0696. The highest BCUT2D eigenvalue weighted by Gasteiger charge is 2.23. The number of likely N-dealkylation sites (N-methyl/N-ethyl adjacent to an activating group) is 1. The molecule has 0 radical (unpaired) electrons. The largest absolute Gasteiger partial charge is 0.478 e. The molecule has 0 saturated carbocycles. The molecule has 0 spiro atoms. The number of para-hydroxylation sites is 1. The summed E-state index contributed by atoms with van der Waals surface area (Å²) in [7, 11) is 2.09. The Bertz CT molecular complexity index is 635. The number of carboxylic acid groups (broad SMARTS) is 1. The topological polar surface area (TPSA) is 65.7 Å². The van der Waals surface area contributed by atoms with Gasteiger partial charge in [0.1, 0.15) is 16.9 Å². The van der Waals surface area contributed by atoms with Gasteiger partial charge in [0.25, 0.3) is 0 Å². The van der Waals surface area contributed by atoms with Crippen LogP contribution in [-0.2, 0) is 6.54 Å². The Balaban J connectivity index is 1.83. The van der Waals surface area contributed by atoms with Gasteiger partial charge >= 0.3 is 5.97 Å². The van der Waals surface area contributed by atoms with Crippen LogP contribution in [0, 0.1) is 0 Å². The third-order valence-electron chi connectivity index (χ3n) is 3.82. The van der Waals surface area contributed by atoms with Crippen molar-refractivity contribution in [1.82, 2.24) is 10.2 Å². The van der Waals surface area contributed by atoms with Crippen molar-refractivity contribution in [2.24, 2.45) is 0 Å². The molecule has 1 aromatic carbocycles. The molecule has 20 heavy (non-hydrogen) atoms. The van der Waals surface area contributed by atoms with Crippen LogP contribution in [0.3, 0.4) is 0 Å². The Morgan fingerprint density at radius 3 is 3.00 bits per heavy atom. The summed E-state index contributed by atoms with van der Waals surface area (Å²) in [6, 6.07) is 7.66. The fourth-order valence-electron chi connectivity index (χ4n) is 2.79. The molecule has 0 amide bonds. The van der Waals surface area contributed by atoms with Gasteiger partial charge in [0.2, 0.25) is 0 Å². The number of likely N-dealkylation sites (tertiary alicyclic amines) is 1. The van der Waals surface area contributed by atoms with Crippen molar-refractivity contribution >= 4 is 16.9 Å². The van der Waals surface area contributed by atoms with Crippen LogP contribution in [0.1, 0.15) is 22.5 Å². The highest BCUT2D eigenvalue weighted by Crippen LogP contribution is 2.26. The van der Waals surface area contributed by atoms with Crippen LogP contribution >= 0.6 is 0 Å². The smallest absolute Gasteiger partial charge is 0.339 e. The van der Waals surface area contributed by atoms with Crippen molar-refractivity contribution < 1.29 is 14.3 Å². The second kappa shape index (κ2) is 5.26. The molecule has 2 aromatic rings. The first kappa shape index (κ1) is 13.1. The van der Waals surface area contributed by atoms with Crippen LogP contribution in [0.2, 0.25) is 0 Å². The number of benzene rings is 1. The monoisotopic (exact) mass is 274 g/mol. The highest BCUT2D eigenvalue weighted by atomic mass is 16.4. The van der Waals surface area contributed by atoms with Gasteiger partial charge in [-0.25, -0.2) is 4.79 Å². The summed E-state index contributed by atoms with van der Waals surface area (Å²) in [4.78, 5) is 13.7. The third kappa shape index (κ3) is 2.42. The molecule has 1 aromatic heterocycles. The third-order valence-corrected chi connectivity index (χ3v) is 3.82. The van der Waals surface area contributed by atoms with E-state index >= 15 is 0 Å². The molecule has 0 bridgehead atoms. The number of hydrogen-bond donors (Lipinski definition) is 2. The predicted molar refractivity (Wildman–Crippen MR) is 75.9 cm³/mol. The van der Waals surface area contributed by atoms with E-state index in [0.29, 0.717) is 29.3 Å². The molecular formula is C15H18N2O3. The van der Waals surface area contributed by atoms with Gasteiger partial charge in [-0.1, -0.05) is 18.2 Å². The van der Waals surface area contributed by atoms with Crippen molar-refractivity contribution in [3.8, 4) is 0 Å². The lowest BCUT2D eigenvalue weighted by Crippen LogP contribution is -2.31. The first-order chi connectivity index (χ1) is 9.65. The van der Waals surface area contributed by atoms with E-state index < -0.39 is 5.97 Å². The first-order valence-corrected chi connectivity index (χ1v) is 6.81. The lowest BCUT2D eigenvalue weighted by Gasteiger charge is -2.11. The van der Waals surface area contributed by atoms with Crippen molar-refractivity contribution in [3.63, 3.8) is 0 Å². The Morgan fingerprint density at radius 2 is 2.30 bits per heavy atom. The molecule has 0 aliphatic carbocycles. The fraction of sp³-hybridized carbons (Fsp3) is 0.400. The van der Waals surface area contributed by atoms with E-state index in [0.717, 1.165) is 19.5 Å². The number of hydrogen-bond acceptors (Lipinski definition) is 4. The number of nitrogens with zero attached hydrogens (tertiary/aromatic N) is 1. The number of carbonyl (C=O) groups is 1. The second-order valence-electron chi connectivity index (χ2n) is 5.33. The molecule has 5 heteroatoms. The van der Waals surface area contributed by atoms with Gasteiger partial charge in [0, 0.05) is 18.0 Å². The van der Waals surface area contributed by atoms with Crippen LogP contribution in [0.15, 0.2) is 28.7 Å². The summed E-state index contributed by atoms with van der Waals surface area (Å²) >= 11 is 0. The maximum absolute atomic E-state index is 11.4. The van der Waals surface area contributed by atoms with Crippen LogP contribution in [0.25, 0.3) is 11.0 Å². The number of aromatic carboxylic acids is 1. The Morgan fingerprint density at radius 1 is 1.50 bits per heavy atom. The fourth-order valence-corrected chi connectivity index (χ4v) is 2.79. The summed E-state index contributed by atoms with van der Waals surface area (Å²) < 4.78 is 5.69. The van der Waals surface area contributed by atoms with E-state index in [4.69, 9.17) is 4.42 Å². The SMILES string of the molecule is CN1CCC(NCc2oc3ccccc3c2C(=O)O)C1. The maximum atomic E-state index is 11.4. The summed E-state index contributed by atoms with van der Waals surface area (Å²) in [5, 5.41) is 13.4. The number of furan rings is 1. The number of fused-ring (bicyclic) bond motifs is 1.